The van der Waals surface area contributed by atoms with Gasteiger partial charge in [-0.15, -0.1) is 0 Å². The van der Waals surface area contributed by atoms with E-state index in [1.807, 2.05) is 19.9 Å². The molecule has 2 heteroatoms. The van der Waals surface area contributed by atoms with E-state index in [1.54, 1.807) is 0 Å². The number of esters is 1. The summed E-state index contributed by atoms with van der Waals surface area (Å²) in [5.74, 6) is 0.649. The van der Waals surface area contributed by atoms with Crippen molar-refractivity contribution < 1.29 is 9.53 Å². The van der Waals surface area contributed by atoms with Crippen molar-refractivity contribution in [1.82, 2.24) is 0 Å². The molecular formula is C13H20O2. The predicted molar refractivity (Wildman–Crippen MR) is 61.4 cm³/mol. The average molecular weight is 208 g/mol. The van der Waals surface area contributed by atoms with Crippen LogP contribution in [0, 0.1) is 11.8 Å². The molecule has 0 radical (unpaired) electrons. The van der Waals surface area contributed by atoms with Crippen molar-refractivity contribution >= 4 is 5.97 Å². The lowest BCUT2D eigenvalue weighted by Gasteiger charge is -2.25. The molecule has 1 aliphatic carbocycles. The van der Waals surface area contributed by atoms with E-state index in [4.69, 9.17) is 4.74 Å². The minimum atomic E-state index is -0.141. The standard InChI is InChI=1S/C13H20O2/c1-5-15-13(14)12-10(4)7-6-8-11(12)9(2)3/h6-7,9,11H,5,8H2,1-4H3. The number of allylic oxidation sites excluding steroid dienone is 3. The molecule has 0 bridgehead atoms. The Morgan fingerprint density at radius 1 is 1.60 bits per heavy atom. The van der Waals surface area contributed by atoms with Gasteiger partial charge < -0.3 is 4.74 Å². The average Bonchev–Trinajstić information content (AvgIpc) is 2.17. The van der Waals surface area contributed by atoms with Crippen LogP contribution in [0.3, 0.4) is 0 Å². The van der Waals surface area contributed by atoms with E-state index in [1.165, 1.54) is 0 Å². The van der Waals surface area contributed by atoms with Gasteiger partial charge in [-0.1, -0.05) is 26.0 Å². The highest BCUT2D eigenvalue weighted by atomic mass is 16.5. The monoisotopic (exact) mass is 208 g/mol. The van der Waals surface area contributed by atoms with Crippen LogP contribution < -0.4 is 0 Å². The van der Waals surface area contributed by atoms with Crippen molar-refractivity contribution in [2.24, 2.45) is 11.8 Å². The predicted octanol–water partition coefficient (Wildman–Crippen LogP) is 3.10. The van der Waals surface area contributed by atoms with Crippen LogP contribution in [0.1, 0.15) is 34.1 Å². The fourth-order valence-corrected chi connectivity index (χ4v) is 2.02. The maximum atomic E-state index is 11.8. The van der Waals surface area contributed by atoms with Crippen LogP contribution in [0.4, 0.5) is 0 Å². The SMILES string of the molecule is CCOC(=O)C1=C(C)C=CCC1C(C)C. The van der Waals surface area contributed by atoms with Gasteiger partial charge >= 0.3 is 5.97 Å². The Kier molecular flexibility index (Phi) is 4.13. The van der Waals surface area contributed by atoms with Crippen molar-refractivity contribution in [2.75, 3.05) is 6.61 Å². The molecule has 1 atom stereocenters. The number of rotatable bonds is 3. The number of carbonyl (C=O) groups excluding carboxylic acids is 1. The van der Waals surface area contributed by atoms with Gasteiger partial charge in [-0.05, 0) is 37.7 Å². The zero-order valence-electron chi connectivity index (χ0n) is 10.0. The van der Waals surface area contributed by atoms with E-state index in [0.717, 1.165) is 17.6 Å². The molecule has 0 spiro atoms. The first-order valence-corrected chi connectivity index (χ1v) is 5.62. The zero-order valence-corrected chi connectivity index (χ0v) is 10.0. The van der Waals surface area contributed by atoms with Crippen LogP contribution in [0.25, 0.3) is 0 Å². The molecule has 0 heterocycles. The summed E-state index contributed by atoms with van der Waals surface area (Å²) in [5.41, 5.74) is 1.92. The first-order chi connectivity index (χ1) is 7.07. The van der Waals surface area contributed by atoms with E-state index in [-0.39, 0.29) is 5.97 Å². The molecule has 0 saturated heterocycles. The fraction of sp³-hybridized carbons (Fsp3) is 0.615. The van der Waals surface area contributed by atoms with Crippen molar-refractivity contribution in [1.29, 1.82) is 0 Å². The summed E-state index contributed by atoms with van der Waals surface area (Å²) in [5, 5.41) is 0. The summed E-state index contributed by atoms with van der Waals surface area (Å²) in [6, 6.07) is 0. The maximum absolute atomic E-state index is 11.8. The first kappa shape index (κ1) is 12.0. The topological polar surface area (TPSA) is 26.3 Å². The highest BCUT2D eigenvalue weighted by Gasteiger charge is 2.27. The minimum absolute atomic E-state index is 0.141. The van der Waals surface area contributed by atoms with E-state index in [0.29, 0.717) is 18.4 Å². The lowest BCUT2D eigenvalue weighted by molar-refractivity contribution is -0.139. The van der Waals surface area contributed by atoms with Crippen LogP contribution in [-0.2, 0) is 9.53 Å². The van der Waals surface area contributed by atoms with E-state index < -0.39 is 0 Å². The third-order valence-corrected chi connectivity index (χ3v) is 2.85. The van der Waals surface area contributed by atoms with Crippen LogP contribution in [-0.4, -0.2) is 12.6 Å². The summed E-state index contributed by atoms with van der Waals surface area (Å²) in [7, 11) is 0. The van der Waals surface area contributed by atoms with Crippen LogP contribution in [0.2, 0.25) is 0 Å². The van der Waals surface area contributed by atoms with Gasteiger partial charge in [0.1, 0.15) is 0 Å². The number of hydrogen-bond acceptors (Lipinski definition) is 2. The molecule has 0 aliphatic heterocycles. The summed E-state index contributed by atoms with van der Waals surface area (Å²) >= 11 is 0. The summed E-state index contributed by atoms with van der Waals surface area (Å²) in [6.45, 7) is 8.57. The Morgan fingerprint density at radius 2 is 2.27 bits per heavy atom. The molecule has 1 aliphatic rings. The number of carbonyl (C=O) groups is 1. The van der Waals surface area contributed by atoms with Gasteiger partial charge in [-0.25, -0.2) is 4.79 Å². The Labute approximate surface area is 92.0 Å². The normalized spacial score (nSPS) is 21.0. The molecule has 0 aromatic heterocycles. The molecule has 15 heavy (non-hydrogen) atoms. The molecule has 0 N–H and O–H groups in total. The lowest BCUT2D eigenvalue weighted by atomic mass is 9.80. The molecule has 2 nitrogen and oxygen atoms in total. The molecular weight excluding hydrogens is 188 g/mol. The van der Waals surface area contributed by atoms with Crippen molar-refractivity contribution in [3.05, 3.63) is 23.3 Å². The fourth-order valence-electron chi connectivity index (χ4n) is 2.02. The highest BCUT2D eigenvalue weighted by Crippen LogP contribution is 2.31. The Balaban J connectivity index is 2.95. The molecule has 1 rings (SSSR count). The summed E-state index contributed by atoms with van der Waals surface area (Å²) in [6.07, 6.45) is 5.11. The van der Waals surface area contributed by atoms with E-state index in [2.05, 4.69) is 19.9 Å². The number of ether oxygens (including phenoxy) is 1. The van der Waals surface area contributed by atoms with Gasteiger partial charge in [-0.2, -0.15) is 0 Å². The summed E-state index contributed by atoms with van der Waals surface area (Å²) < 4.78 is 5.10. The molecule has 0 aromatic rings. The molecule has 0 fully saturated rings. The molecule has 84 valence electrons. The van der Waals surface area contributed by atoms with Gasteiger partial charge in [0.05, 0.1) is 6.61 Å². The van der Waals surface area contributed by atoms with Crippen molar-refractivity contribution in [2.45, 2.75) is 34.1 Å². The van der Waals surface area contributed by atoms with Crippen molar-refractivity contribution in [3.63, 3.8) is 0 Å². The zero-order chi connectivity index (χ0) is 11.4. The first-order valence-electron chi connectivity index (χ1n) is 5.62. The minimum Gasteiger partial charge on any atom is -0.463 e. The maximum Gasteiger partial charge on any atom is 0.334 e. The van der Waals surface area contributed by atoms with Gasteiger partial charge in [0.15, 0.2) is 0 Å². The Morgan fingerprint density at radius 3 is 2.80 bits per heavy atom. The van der Waals surface area contributed by atoms with Gasteiger partial charge in [-0.3, -0.25) is 0 Å². The second-order valence-corrected chi connectivity index (χ2v) is 4.31. The lowest BCUT2D eigenvalue weighted by Crippen LogP contribution is -2.22. The summed E-state index contributed by atoms with van der Waals surface area (Å²) in [4.78, 5) is 11.8. The van der Waals surface area contributed by atoms with Crippen LogP contribution in [0.5, 0.6) is 0 Å². The second kappa shape index (κ2) is 5.15. The van der Waals surface area contributed by atoms with Crippen molar-refractivity contribution in [3.8, 4) is 0 Å². The third-order valence-electron chi connectivity index (χ3n) is 2.85. The molecule has 0 amide bonds. The van der Waals surface area contributed by atoms with Crippen LogP contribution >= 0.6 is 0 Å². The quantitative estimate of drug-likeness (QED) is 0.666. The van der Waals surface area contributed by atoms with E-state index in [9.17, 15) is 4.79 Å². The smallest absolute Gasteiger partial charge is 0.334 e. The Bertz CT molecular complexity index is 298. The van der Waals surface area contributed by atoms with Gasteiger partial charge in [0.2, 0.25) is 0 Å². The largest absolute Gasteiger partial charge is 0.463 e. The Hall–Kier alpha value is -1.05. The molecule has 0 saturated carbocycles. The van der Waals surface area contributed by atoms with Gasteiger partial charge in [0, 0.05) is 5.57 Å². The highest BCUT2D eigenvalue weighted by molar-refractivity contribution is 5.90. The van der Waals surface area contributed by atoms with Crippen LogP contribution in [0.15, 0.2) is 23.3 Å². The molecule has 0 aromatic carbocycles. The van der Waals surface area contributed by atoms with Gasteiger partial charge in [0.25, 0.3) is 0 Å². The number of hydrogen-bond donors (Lipinski definition) is 0. The molecule has 1 unspecified atom stereocenters. The third kappa shape index (κ3) is 2.71. The van der Waals surface area contributed by atoms with E-state index >= 15 is 0 Å². The second-order valence-electron chi connectivity index (χ2n) is 4.31.